The fourth-order valence-corrected chi connectivity index (χ4v) is 6.08. The Morgan fingerprint density at radius 1 is 1.00 bits per heavy atom. The lowest BCUT2D eigenvalue weighted by molar-refractivity contribution is -0.194. The van der Waals surface area contributed by atoms with Gasteiger partial charge in [0.05, 0.1) is 0 Å². The summed E-state index contributed by atoms with van der Waals surface area (Å²) in [5.74, 6) is 2.14. The molecule has 2 saturated carbocycles. The van der Waals surface area contributed by atoms with Crippen molar-refractivity contribution in [2.24, 2.45) is 23.2 Å². The third-order valence-corrected chi connectivity index (χ3v) is 7.30. The Balaban J connectivity index is 1.67. The van der Waals surface area contributed by atoms with Crippen molar-refractivity contribution in [2.75, 3.05) is 0 Å². The summed E-state index contributed by atoms with van der Waals surface area (Å²) in [4.78, 5) is 23.5. The van der Waals surface area contributed by atoms with E-state index in [1.165, 1.54) is 5.57 Å². The number of hydrogen-bond donors (Lipinski definition) is 0. The monoisotopic (exact) mass is 302 g/mol. The highest BCUT2D eigenvalue weighted by Crippen LogP contribution is 2.61. The Morgan fingerprint density at radius 3 is 2.64 bits per heavy atom. The molecule has 0 aromatic heterocycles. The van der Waals surface area contributed by atoms with E-state index in [-0.39, 0.29) is 17.0 Å². The molecule has 1 heterocycles. The van der Waals surface area contributed by atoms with Crippen LogP contribution in [-0.4, -0.2) is 17.4 Å². The van der Waals surface area contributed by atoms with Crippen LogP contribution in [0.4, 0.5) is 0 Å². The molecule has 1 saturated heterocycles. The smallest absolute Gasteiger partial charge is 0.306 e. The topological polar surface area (TPSA) is 43.4 Å². The molecule has 3 heteroatoms. The van der Waals surface area contributed by atoms with Gasteiger partial charge in [-0.2, -0.15) is 0 Å². The van der Waals surface area contributed by atoms with Gasteiger partial charge in [-0.05, 0) is 68.8 Å². The van der Waals surface area contributed by atoms with Crippen LogP contribution in [0.25, 0.3) is 0 Å². The van der Waals surface area contributed by atoms with E-state index in [4.69, 9.17) is 4.74 Å². The maximum Gasteiger partial charge on any atom is 0.306 e. The lowest BCUT2D eigenvalue weighted by Crippen LogP contribution is -2.56. The normalized spacial score (nSPS) is 47.7. The lowest BCUT2D eigenvalue weighted by atomic mass is 9.48. The highest BCUT2D eigenvalue weighted by molar-refractivity contribution is 5.91. The standard InChI is InChI=1S/C19H26O3/c1-18-9-7-13(20)11-12(18)3-4-14-15(18)8-10-19(2)16(14)5-6-17(21)22-19/h11,14-16H,3-10H2,1-2H3/t14-,15+,16-,18+,19-/m0/s1. The molecule has 1 aliphatic heterocycles. The summed E-state index contributed by atoms with van der Waals surface area (Å²) in [7, 11) is 0. The number of ketones is 1. The summed E-state index contributed by atoms with van der Waals surface area (Å²) in [6.07, 6.45) is 9.60. The van der Waals surface area contributed by atoms with Crippen molar-refractivity contribution in [2.45, 2.75) is 70.8 Å². The number of rotatable bonds is 0. The predicted octanol–water partition coefficient (Wildman–Crippen LogP) is 3.81. The van der Waals surface area contributed by atoms with E-state index < -0.39 is 0 Å². The molecule has 0 aromatic carbocycles. The van der Waals surface area contributed by atoms with Crippen molar-refractivity contribution in [3.63, 3.8) is 0 Å². The minimum absolute atomic E-state index is 0.0110. The molecule has 0 unspecified atom stereocenters. The zero-order valence-corrected chi connectivity index (χ0v) is 13.7. The quantitative estimate of drug-likeness (QED) is 0.639. The van der Waals surface area contributed by atoms with Crippen LogP contribution in [0.1, 0.15) is 65.2 Å². The van der Waals surface area contributed by atoms with Gasteiger partial charge >= 0.3 is 5.97 Å². The number of fused-ring (bicyclic) bond motifs is 5. The summed E-state index contributed by atoms with van der Waals surface area (Å²) in [6.45, 7) is 4.54. The van der Waals surface area contributed by atoms with Crippen LogP contribution in [0, 0.1) is 23.2 Å². The van der Waals surface area contributed by atoms with Gasteiger partial charge in [-0.3, -0.25) is 9.59 Å². The van der Waals surface area contributed by atoms with Gasteiger partial charge in [-0.15, -0.1) is 0 Å². The molecule has 22 heavy (non-hydrogen) atoms. The van der Waals surface area contributed by atoms with Crippen LogP contribution < -0.4 is 0 Å². The van der Waals surface area contributed by atoms with E-state index >= 15 is 0 Å². The van der Waals surface area contributed by atoms with Crippen molar-refractivity contribution >= 4 is 11.8 Å². The summed E-state index contributed by atoms with van der Waals surface area (Å²) in [5.41, 5.74) is 1.37. The molecule has 5 atom stereocenters. The van der Waals surface area contributed by atoms with Gasteiger partial charge in [0.25, 0.3) is 0 Å². The first-order valence-corrected chi connectivity index (χ1v) is 8.88. The Hall–Kier alpha value is -1.12. The van der Waals surface area contributed by atoms with E-state index in [1.807, 2.05) is 6.08 Å². The lowest BCUT2D eigenvalue weighted by Gasteiger charge is -2.59. The zero-order valence-electron chi connectivity index (χ0n) is 13.7. The van der Waals surface area contributed by atoms with E-state index in [1.54, 1.807) is 0 Å². The average molecular weight is 302 g/mol. The molecule has 3 nitrogen and oxygen atoms in total. The minimum atomic E-state index is -0.238. The van der Waals surface area contributed by atoms with Gasteiger partial charge in [-0.1, -0.05) is 12.5 Å². The van der Waals surface area contributed by atoms with E-state index in [2.05, 4.69) is 13.8 Å². The molecule has 4 aliphatic rings. The van der Waals surface area contributed by atoms with Crippen molar-refractivity contribution in [3.05, 3.63) is 11.6 Å². The minimum Gasteiger partial charge on any atom is -0.459 e. The molecule has 0 amide bonds. The molecule has 4 rings (SSSR count). The number of carbonyl (C=O) groups is 2. The van der Waals surface area contributed by atoms with Crippen molar-refractivity contribution in [1.29, 1.82) is 0 Å². The summed E-state index contributed by atoms with van der Waals surface area (Å²) in [6, 6.07) is 0. The fraction of sp³-hybridized carbons (Fsp3) is 0.789. The number of ether oxygens (including phenoxy) is 1. The Labute approximate surface area is 132 Å². The summed E-state index contributed by atoms with van der Waals surface area (Å²) >= 11 is 0. The zero-order chi connectivity index (χ0) is 15.5. The number of carbonyl (C=O) groups excluding carboxylic acids is 2. The van der Waals surface area contributed by atoms with Crippen LogP contribution in [-0.2, 0) is 14.3 Å². The average Bonchev–Trinajstić information content (AvgIpc) is 2.46. The van der Waals surface area contributed by atoms with Crippen LogP contribution >= 0.6 is 0 Å². The maximum absolute atomic E-state index is 11.8. The number of allylic oxidation sites excluding steroid dienone is 2. The van der Waals surface area contributed by atoms with Gasteiger partial charge in [0.1, 0.15) is 5.60 Å². The van der Waals surface area contributed by atoms with Gasteiger partial charge in [0, 0.05) is 18.8 Å². The van der Waals surface area contributed by atoms with Gasteiger partial charge in [-0.25, -0.2) is 0 Å². The molecular weight excluding hydrogens is 276 g/mol. The first-order chi connectivity index (χ1) is 10.4. The fourth-order valence-electron chi connectivity index (χ4n) is 6.08. The number of hydrogen-bond acceptors (Lipinski definition) is 3. The van der Waals surface area contributed by atoms with Gasteiger partial charge < -0.3 is 4.74 Å². The van der Waals surface area contributed by atoms with E-state index in [0.29, 0.717) is 36.4 Å². The van der Waals surface area contributed by atoms with E-state index in [9.17, 15) is 9.59 Å². The van der Waals surface area contributed by atoms with Crippen molar-refractivity contribution in [3.8, 4) is 0 Å². The third kappa shape index (κ3) is 1.93. The first kappa shape index (κ1) is 14.5. The van der Waals surface area contributed by atoms with E-state index in [0.717, 1.165) is 38.5 Å². The molecule has 0 N–H and O–H groups in total. The Kier molecular flexibility index (Phi) is 3.08. The second-order valence-electron chi connectivity index (χ2n) is 8.33. The van der Waals surface area contributed by atoms with Crippen LogP contribution in [0.2, 0.25) is 0 Å². The molecule has 3 aliphatic carbocycles. The third-order valence-electron chi connectivity index (χ3n) is 7.30. The van der Waals surface area contributed by atoms with Crippen molar-refractivity contribution < 1.29 is 14.3 Å². The second-order valence-corrected chi connectivity index (χ2v) is 8.33. The molecule has 3 fully saturated rings. The molecule has 0 spiro atoms. The van der Waals surface area contributed by atoms with Crippen LogP contribution in [0.3, 0.4) is 0 Å². The summed E-state index contributed by atoms with van der Waals surface area (Å²) in [5, 5.41) is 0. The highest BCUT2D eigenvalue weighted by atomic mass is 16.6. The van der Waals surface area contributed by atoms with Crippen LogP contribution in [0.15, 0.2) is 11.6 Å². The second kappa shape index (κ2) is 4.69. The number of esters is 1. The van der Waals surface area contributed by atoms with Crippen LogP contribution in [0.5, 0.6) is 0 Å². The maximum atomic E-state index is 11.8. The molecule has 0 radical (unpaired) electrons. The predicted molar refractivity (Wildman–Crippen MR) is 83.1 cm³/mol. The Morgan fingerprint density at radius 2 is 1.82 bits per heavy atom. The first-order valence-electron chi connectivity index (χ1n) is 8.88. The summed E-state index contributed by atoms with van der Waals surface area (Å²) < 4.78 is 5.81. The molecular formula is C19H26O3. The van der Waals surface area contributed by atoms with Gasteiger partial charge in [0.15, 0.2) is 5.78 Å². The largest absolute Gasteiger partial charge is 0.459 e. The molecule has 120 valence electrons. The highest BCUT2D eigenvalue weighted by Gasteiger charge is 2.57. The van der Waals surface area contributed by atoms with Crippen molar-refractivity contribution in [1.82, 2.24) is 0 Å². The molecule has 0 bridgehead atoms. The Bertz CT molecular complexity index is 563. The SMILES string of the molecule is C[C@]12CC[C@@H]3[C@H](CCC4=CC(=O)CC[C@]43C)[C@@H]1CCC(=O)O2. The molecule has 0 aromatic rings. The van der Waals surface area contributed by atoms with Gasteiger partial charge in [0.2, 0.25) is 0 Å².